The molecule has 2 aliphatic rings. The van der Waals surface area contributed by atoms with Crippen molar-refractivity contribution in [3.05, 3.63) is 54.1 Å². The molecule has 0 atom stereocenters. The van der Waals surface area contributed by atoms with Gasteiger partial charge in [0.2, 0.25) is 21.8 Å². The van der Waals surface area contributed by atoms with Crippen LogP contribution in [-0.4, -0.2) is 68.1 Å². The molecule has 2 aliphatic heterocycles. The fourth-order valence-corrected chi connectivity index (χ4v) is 5.44. The average Bonchev–Trinajstić information content (AvgIpc) is 3.25. The largest absolute Gasteiger partial charge is 0.340 e. The predicted molar refractivity (Wildman–Crippen MR) is 123 cm³/mol. The molecule has 2 aromatic carbocycles. The van der Waals surface area contributed by atoms with Gasteiger partial charge in [0.25, 0.3) is 5.91 Å². The quantitative estimate of drug-likeness (QED) is 0.719. The van der Waals surface area contributed by atoms with Crippen molar-refractivity contribution in [2.45, 2.75) is 24.7 Å². The SMILES string of the molecule is CC(=O)N1CCN(S(=O)(=O)c2ccc(C(=O)Nc3ccc(N4CCCC4=O)cc3)cc2)CC1. The smallest absolute Gasteiger partial charge is 0.255 e. The average molecular weight is 471 g/mol. The molecule has 9 nitrogen and oxygen atoms in total. The van der Waals surface area contributed by atoms with Gasteiger partial charge in [0.05, 0.1) is 4.90 Å². The third kappa shape index (κ3) is 4.91. The van der Waals surface area contributed by atoms with Gasteiger partial charge in [-0.1, -0.05) is 0 Å². The lowest BCUT2D eigenvalue weighted by molar-refractivity contribution is -0.130. The summed E-state index contributed by atoms with van der Waals surface area (Å²) in [7, 11) is -3.70. The second-order valence-electron chi connectivity index (χ2n) is 8.08. The summed E-state index contributed by atoms with van der Waals surface area (Å²) in [6.45, 7) is 3.37. The number of rotatable bonds is 5. The van der Waals surface area contributed by atoms with Crippen LogP contribution >= 0.6 is 0 Å². The summed E-state index contributed by atoms with van der Waals surface area (Å²) >= 11 is 0. The Morgan fingerprint density at radius 3 is 2.06 bits per heavy atom. The first-order chi connectivity index (χ1) is 15.8. The predicted octanol–water partition coefficient (Wildman–Crippen LogP) is 1.92. The van der Waals surface area contributed by atoms with E-state index in [1.54, 1.807) is 34.1 Å². The molecule has 33 heavy (non-hydrogen) atoms. The number of hydrogen-bond donors (Lipinski definition) is 1. The number of amides is 3. The summed E-state index contributed by atoms with van der Waals surface area (Å²) < 4.78 is 27.1. The molecule has 0 aromatic heterocycles. The van der Waals surface area contributed by atoms with Crippen LogP contribution in [0.4, 0.5) is 11.4 Å². The summed E-state index contributed by atoms with van der Waals surface area (Å²) in [5, 5.41) is 2.78. The number of carbonyl (C=O) groups is 3. The molecule has 0 aliphatic carbocycles. The third-order valence-corrected chi connectivity index (χ3v) is 7.86. The van der Waals surface area contributed by atoms with Crippen molar-refractivity contribution < 1.29 is 22.8 Å². The maximum Gasteiger partial charge on any atom is 0.255 e. The van der Waals surface area contributed by atoms with Crippen LogP contribution < -0.4 is 10.2 Å². The minimum Gasteiger partial charge on any atom is -0.340 e. The van der Waals surface area contributed by atoms with E-state index >= 15 is 0 Å². The van der Waals surface area contributed by atoms with Crippen LogP contribution in [0.5, 0.6) is 0 Å². The Hall–Kier alpha value is -3.24. The second-order valence-corrected chi connectivity index (χ2v) is 10.0. The molecule has 0 unspecified atom stereocenters. The van der Waals surface area contributed by atoms with Crippen LogP contribution in [0.2, 0.25) is 0 Å². The number of carbonyl (C=O) groups excluding carboxylic acids is 3. The molecule has 4 rings (SSSR count). The maximum atomic E-state index is 12.9. The van der Waals surface area contributed by atoms with Crippen LogP contribution in [-0.2, 0) is 19.6 Å². The van der Waals surface area contributed by atoms with Crippen LogP contribution in [0.3, 0.4) is 0 Å². The zero-order valence-electron chi connectivity index (χ0n) is 18.4. The van der Waals surface area contributed by atoms with Crippen molar-refractivity contribution in [1.82, 2.24) is 9.21 Å². The number of hydrogen-bond acceptors (Lipinski definition) is 5. The van der Waals surface area contributed by atoms with Crippen molar-refractivity contribution in [1.29, 1.82) is 0 Å². The Kier molecular flexibility index (Phi) is 6.48. The summed E-state index contributed by atoms with van der Waals surface area (Å²) in [5.74, 6) is -0.330. The molecule has 0 bridgehead atoms. The first kappa shape index (κ1) is 22.9. The van der Waals surface area contributed by atoms with Crippen molar-refractivity contribution in [3.8, 4) is 0 Å². The minimum absolute atomic E-state index is 0.0680. The Labute approximate surface area is 193 Å². The molecule has 2 heterocycles. The topological polar surface area (TPSA) is 107 Å². The number of benzene rings is 2. The van der Waals surface area contributed by atoms with Crippen molar-refractivity contribution in [2.24, 2.45) is 0 Å². The molecule has 10 heteroatoms. The van der Waals surface area contributed by atoms with E-state index in [-0.39, 0.29) is 35.7 Å². The van der Waals surface area contributed by atoms with Gasteiger partial charge in [-0.15, -0.1) is 0 Å². The molecular formula is C23H26N4O5S. The fourth-order valence-electron chi connectivity index (χ4n) is 4.02. The van der Waals surface area contributed by atoms with Crippen molar-refractivity contribution >= 4 is 39.1 Å². The zero-order chi connectivity index (χ0) is 23.6. The molecule has 3 amide bonds. The molecule has 0 spiro atoms. The van der Waals surface area contributed by atoms with E-state index in [1.807, 2.05) is 0 Å². The van der Waals surface area contributed by atoms with Gasteiger partial charge in [0.15, 0.2) is 0 Å². The third-order valence-electron chi connectivity index (χ3n) is 5.95. The highest BCUT2D eigenvalue weighted by Crippen LogP contribution is 2.24. The Balaban J connectivity index is 1.39. The van der Waals surface area contributed by atoms with E-state index in [0.717, 1.165) is 12.1 Å². The van der Waals surface area contributed by atoms with Crippen molar-refractivity contribution in [3.63, 3.8) is 0 Å². The number of nitrogens with one attached hydrogen (secondary N) is 1. The zero-order valence-corrected chi connectivity index (χ0v) is 19.2. The van der Waals surface area contributed by atoms with Crippen LogP contribution in [0.15, 0.2) is 53.4 Å². The number of sulfonamides is 1. The second kappa shape index (κ2) is 9.32. The number of nitrogens with zero attached hydrogens (tertiary/aromatic N) is 3. The molecule has 174 valence electrons. The monoisotopic (exact) mass is 470 g/mol. The first-order valence-electron chi connectivity index (χ1n) is 10.8. The summed E-state index contributed by atoms with van der Waals surface area (Å²) in [5.41, 5.74) is 1.71. The number of anilines is 2. The lowest BCUT2D eigenvalue weighted by Gasteiger charge is -2.33. The van der Waals surface area contributed by atoms with Gasteiger partial charge < -0.3 is 15.1 Å². The highest BCUT2D eigenvalue weighted by Gasteiger charge is 2.29. The van der Waals surface area contributed by atoms with Gasteiger partial charge in [-0.3, -0.25) is 14.4 Å². The van der Waals surface area contributed by atoms with E-state index < -0.39 is 10.0 Å². The van der Waals surface area contributed by atoms with Gasteiger partial charge >= 0.3 is 0 Å². The molecule has 1 N–H and O–H groups in total. The summed E-state index contributed by atoms with van der Waals surface area (Å²) in [6.07, 6.45) is 1.40. The normalized spacial score (nSPS) is 17.3. The molecule has 0 radical (unpaired) electrons. The van der Waals surface area contributed by atoms with Crippen molar-refractivity contribution in [2.75, 3.05) is 42.9 Å². The molecular weight excluding hydrogens is 444 g/mol. The highest BCUT2D eigenvalue weighted by molar-refractivity contribution is 7.89. The van der Waals surface area contributed by atoms with E-state index in [1.165, 1.54) is 35.5 Å². The van der Waals surface area contributed by atoms with Gasteiger partial charge in [-0.05, 0) is 55.0 Å². The lowest BCUT2D eigenvalue weighted by atomic mass is 10.2. The first-order valence-corrected chi connectivity index (χ1v) is 12.3. The Morgan fingerprint density at radius 2 is 1.52 bits per heavy atom. The Bertz CT molecular complexity index is 1150. The number of piperazine rings is 1. The van der Waals surface area contributed by atoms with Crippen LogP contribution in [0.1, 0.15) is 30.1 Å². The molecule has 2 fully saturated rings. The summed E-state index contributed by atoms with van der Waals surface area (Å²) in [4.78, 5) is 39.4. The molecule has 2 aromatic rings. The van der Waals surface area contributed by atoms with Gasteiger partial charge in [0, 0.05) is 63.0 Å². The summed E-state index contributed by atoms with van der Waals surface area (Å²) in [6, 6.07) is 12.8. The van der Waals surface area contributed by atoms with E-state index in [2.05, 4.69) is 5.32 Å². The molecule has 0 saturated carbocycles. The minimum atomic E-state index is -3.70. The highest BCUT2D eigenvalue weighted by atomic mass is 32.2. The van der Waals surface area contributed by atoms with E-state index in [9.17, 15) is 22.8 Å². The molecule has 2 saturated heterocycles. The standard InChI is InChI=1S/C23H26N4O5S/c1-17(28)25-13-15-26(16-14-25)33(31,32)21-10-4-18(5-11-21)23(30)24-19-6-8-20(9-7-19)27-12-2-3-22(27)29/h4-11H,2-3,12-16H2,1H3,(H,24,30). The maximum absolute atomic E-state index is 12.9. The van der Waals surface area contributed by atoms with E-state index in [4.69, 9.17) is 0 Å². The van der Waals surface area contributed by atoms with Crippen LogP contribution in [0, 0.1) is 0 Å². The van der Waals surface area contributed by atoms with Crippen LogP contribution in [0.25, 0.3) is 0 Å². The fraction of sp³-hybridized carbons (Fsp3) is 0.348. The van der Waals surface area contributed by atoms with Gasteiger partial charge in [-0.2, -0.15) is 4.31 Å². The van der Waals surface area contributed by atoms with Gasteiger partial charge in [-0.25, -0.2) is 8.42 Å². The van der Waals surface area contributed by atoms with Gasteiger partial charge in [0.1, 0.15) is 0 Å². The Morgan fingerprint density at radius 1 is 0.879 bits per heavy atom. The van der Waals surface area contributed by atoms with E-state index in [0.29, 0.717) is 37.3 Å². The lowest BCUT2D eigenvalue weighted by Crippen LogP contribution is -2.49.